The summed E-state index contributed by atoms with van der Waals surface area (Å²) < 4.78 is 54.2. The summed E-state index contributed by atoms with van der Waals surface area (Å²) in [6.07, 6.45) is -4.90. The van der Waals surface area contributed by atoms with E-state index in [-0.39, 0.29) is 11.3 Å². The first-order valence-corrected chi connectivity index (χ1v) is 9.18. The maximum absolute atomic E-state index is 14.2. The Labute approximate surface area is 180 Å². The summed E-state index contributed by atoms with van der Waals surface area (Å²) in [7, 11) is 1.31. The fourth-order valence-electron chi connectivity index (χ4n) is 2.70. The van der Waals surface area contributed by atoms with Gasteiger partial charge in [0.2, 0.25) is 5.91 Å². The van der Waals surface area contributed by atoms with Gasteiger partial charge in [0, 0.05) is 18.7 Å². The topological polar surface area (TPSA) is 102 Å². The number of halogens is 4. The summed E-state index contributed by atoms with van der Waals surface area (Å²) >= 11 is 0. The number of benzene rings is 2. The number of amides is 4. The monoisotopic (exact) mass is 450 g/mol. The molecular formula is C21H18F4N4O3. The lowest BCUT2D eigenvalue weighted by molar-refractivity contribution is -0.137. The molecule has 0 spiro atoms. The summed E-state index contributed by atoms with van der Waals surface area (Å²) in [6.45, 7) is 2.88. The van der Waals surface area contributed by atoms with E-state index in [0.717, 1.165) is 24.3 Å². The molecule has 0 aromatic heterocycles. The predicted molar refractivity (Wildman–Crippen MR) is 107 cm³/mol. The van der Waals surface area contributed by atoms with Gasteiger partial charge >= 0.3 is 12.2 Å². The molecule has 2 N–H and O–H groups in total. The summed E-state index contributed by atoms with van der Waals surface area (Å²) in [4.78, 5) is 37.5. The standard InChI is InChI=1S/C21H18F4N4O3/c1-11(2)19(31)29(14-6-4-12(10-26)16(9-14)21(23,24)25)20(32)28-13-5-7-15(17(22)8-13)18(30)27-3/h4-9,11H,1-3H3,(H,27,30)(H,28,32). The zero-order chi connectivity index (χ0) is 24.2. The molecule has 0 unspecified atom stereocenters. The van der Waals surface area contributed by atoms with E-state index < -0.39 is 52.6 Å². The molecule has 2 rings (SSSR count). The Morgan fingerprint density at radius 2 is 1.75 bits per heavy atom. The van der Waals surface area contributed by atoms with Crippen LogP contribution in [0, 0.1) is 23.1 Å². The zero-order valence-corrected chi connectivity index (χ0v) is 17.2. The number of carbonyl (C=O) groups excluding carboxylic acids is 3. The minimum atomic E-state index is -4.90. The molecular weight excluding hydrogens is 432 g/mol. The number of alkyl halides is 3. The normalized spacial score (nSPS) is 11.0. The van der Waals surface area contributed by atoms with Crippen LogP contribution in [0.2, 0.25) is 0 Å². The largest absolute Gasteiger partial charge is 0.417 e. The molecule has 0 atom stereocenters. The Kier molecular flexibility index (Phi) is 7.20. The third-order valence-corrected chi connectivity index (χ3v) is 4.30. The van der Waals surface area contributed by atoms with Gasteiger partial charge in [-0.2, -0.15) is 18.4 Å². The second-order valence-electron chi connectivity index (χ2n) is 6.87. The fourth-order valence-corrected chi connectivity index (χ4v) is 2.70. The lowest BCUT2D eigenvalue weighted by Gasteiger charge is -2.24. The van der Waals surface area contributed by atoms with Crippen molar-refractivity contribution in [3.8, 4) is 6.07 Å². The van der Waals surface area contributed by atoms with Crippen molar-refractivity contribution in [1.29, 1.82) is 5.26 Å². The van der Waals surface area contributed by atoms with Crippen molar-refractivity contribution >= 4 is 29.2 Å². The molecule has 4 amide bonds. The lowest BCUT2D eigenvalue weighted by Crippen LogP contribution is -2.42. The van der Waals surface area contributed by atoms with Gasteiger partial charge in [-0.1, -0.05) is 13.8 Å². The lowest BCUT2D eigenvalue weighted by atomic mass is 10.1. The van der Waals surface area contributed by atoms with E-state index >= 15 is 0 Å². The summed E-state index contributed by atoms with van der Waals surface area (Å²) in [5.41, 5.74) is -2.83. The Hall–Kier alpha value is -3.94. The van der Waals surface area contributed by atoms with Crippen molar-refractivity contribution in [2.24, 2.45) is 5.92 Å². The fraction of sp³-hybridized carbons (Fsp3) is 0.238. The van der Waals surface area contributed by atoms with Crippen LogP contribution >= 0.6 is 0 Å². The van der Waals surface area contributed by atoms with Crippen LogP contribution in [0.15, 0.2) is 36.4 Å². The SMILES string of the molecule is CNC(=O)c1ccc(NC(=O)N(C(=O)C(C)C)c2ccc(C#N)c(C(F)(F)F)c2)cc1F. The van der Waals surface area contributed by atoms with E-state index in [9.17, 15) is 31.9 Å². The molecule has 0 fully saturated rings. The minimum Gasteiger partial charge on any atom is -0.355 e. The second kappa shape index (κ2) is 9.47. The van der Waals surface area contributed by atoms with Crippen LogP contribution in [-0.4, -0.2) is 24.9 Å². The summed E-state index contributed by atoms with van der Waals surface area (Å²) in [5.74, 6) is -3.27. The van der Waals surface area contributed by atoms with E-state index in [2.05, 4.69) is 10.6 Å². The van der Waals surface area contributed by atoms with E-state index in [1.54, 1.807) is 0 Å². The van der Waals surface area contributed by atoms with Gasteiger partial charge in [0.15, 0.2) is 0 Å². The third kappa shape index (κ3) is 5.21. The van der Waals surface area contributed by atoms with Crippen molar-refractivity contribution in [2.75, 3.05) is 17.3 Å². The number of imide groups is 1. The van der Waals surface area contributed by atoms with Gasteiger partial charge in [-0.15, -0.1) is 0 Å². The van der Waals surface area contributed by atoms with Gasteiger partial charge in [-0.3, -0.25) is 9.59 Å². The molecule has 0 radical (unpaired) electrons. The van der Waals surface area contributed by atoms with Gasteiger partial charge in [-0.05, 0) is 36.4 Å². The number of urea groups is 1. The van der Waals surface area contributed by atoms with Crippen LogP contribution in [0.4, 0.5) is 33.7 Å². The average Bonchev–Trinajstić information content (AvgIpc) is 2.72. The molecule has 0 heterocycles. The number of rotatable bonds is 4. The molecule has 0 aliphatic carbocycles. The smallest absolute Gasteiger partial charge is 0.355 e. The van der Waals surface area contributed by atoms with Gasteiger partial charge in [0.25, 0.3) is 5.91 Å². The number of hydrogen-bond acceptors (Lipinski definition) is 4. The molecule has 0 aliphatic heterocycles. The van der Waals surface area contributed by atoms with Crippen molar-refractivity contribution in [3.63, 3.8) is 0 Å². The minimum absolute atomic E-state index is 0.133. The molecule has 11 heteroatoms. The quantitative estimate of drug-likeness (QED) is 0.678. The molecule has 32 heavy (non-hydrogen) atoms. The Bertz CT molecular complexity index is 1110. The van der Waals surface area contributed by atoms with Gasteiger partial charge in [0.1, 0.15) is 5.82 Å². The average molecular weight is 450 g/mol. The molecule has 0 saturated carbocycles. The molecule has 7 nitrogen and oxygen atoms in total. The highest BCUT2D eigenvalue weighted by molar-refractivity contribution is 6.19. The van der Waals surface area contributed by atoms with Crippen LogP contribution in [0.5, 0.6) is 0 Å². The van der Waals surface area contributed by atoms with Crippen LogP contribution in [0.25, 0.3) is 0 Å². The molecule has 168 valence electrons. The highest BCUT2D eigenvalue weighted by atomic mass is 19.4. The van der Waals surface area contributed by atoms with Gasteiger partial charge in [-0.25, -0.2) is 14.1 Å². The van der Waals surface area contributed by atoms with Gasteiger partial charge in [0.05, 0.1) is 28.4 Å². The summed E-state index contributed by atoms with van der Waals surface area (Å²) in [5, 5.41) is 13.4. The van der Waals surface area contributed by atoms with Crippen molar-refractivity contribution in [3.05, 3.63) is 58.9 Å². The number of hydrogen-bond donors (Lipinski definition) is 2. The number of nitrogens with one attached hydrogen (secondary N) is 2. The Balaban J connectivity index is 2.48. The van der Waals surface area contributed by atoms with Crippen LogP contribution in [0.1, 0.15) is 35.3 Å². The van der Waals surface area contributed by atoms with E-state index in [1.807, 2.05) is 0 Å². The zero-order valence-electron chi connectivity index (χ0n) is 17.2. The first-order valence-electron chi connectivity index (χ1n) is 9.18. The number of nitrogens with zero attached hydrogens (tertiary/aromatic N) is 2. The highest BCUT2D eigenvalue weighted by Crippen LogP contribution is 2.35. The van der Waals surface area contributed by atoms with Gasteiger partial charge < -0.3 is 10.6 Å². The Morgan fingerprint density at radius 1 is 1.09 bits per heavy atom. The maximum atomic E-state index is 14.2. The van der Waals surface area contributed by atoms with E-state index in [0.29, 0.717) is 11.0 Å². The Morgan fingerprint density at radius 3 is 2.25 bits per heavy atom. The third-order valence-electron chi connectivity index (χ3n) is 4.30. The first-order chi connectivity index (χ1) is 14.9. The number of nitriles is 1. The van der Waals surface area contributed by atoms with Crippen LogP contribution in [-0.2, 0) is 11.0 Å². The molecule has 0 bridgehead atoms. The highest BCUT2D eigenvalue weighted by Gasteiger charge is 2.36. The van der Waals surface area contributed by atoms with Crippen molar-refractivity contribution in [1.82, 2.24) is 5.32 Å². The maximum Gasteiger partial charge on any atom is 0.417 e. The number of carbonyl (C=O) groups is 3. The van der Waals surface area contributed by atoms with Crippen molar-refractivity contribution < 1.29 is 31.9 Å². The summed E-state index contributed by atoms with van der Waals surface area (Å²) in [6, 6.07) is 5.81. The molecule has 0 saturated heterocycles. The van der Waals surface area contributed by atoms with Crippen LogP contribution in [0.3, 0.4) is 0 Å². The number of anilines is 2. The first kappa shape index (κ1) is 24.3. The molecule has 2 aromatic rings. The second-order valence-corrected chi connectivity index (χ2v) is 6.87. The predicted octanol–water partition coefficient (Wildman–Crippen LogP) is 4.30. The molecule has 2 aromatic carbocycles. The molecule has 0 aliphatic rings. The van der Waals surface area contributed by atoms with Crippen LogP contribution < -0.4 is 15.5 Å². The van der Waals surface area contributed by atoms with E-state index in [1.165, 1.54) is 33.0 Å². The van der Waals surface area contributed by atoms with Crippen molar-refractivity contribution in [2.45, 2.75) is 20.0 Å². The van der Waals surface area contributed by atoms with E-state index in [4.69, 9.17) is 5.26 Å².